The van der Waals surface area contributed by atoms with Crippen molar-refractivity contribution in [3.8, 4) is 0 Å². The Morgan fingerprint density at radius 2 is 2.15 bits per heavy atom. The van der Waals surface area contributed by atoms with Crippen LogP contribution in [0.2, 0.25) is 0 Å². The van der Waals surface area contributed by atoms with Gasteiger partial charge in [-0.2, -0.15) is 0 Å². The molecule has 1 fully saturated rings. The van der Waals surface area contributed by atoms with Gasteiger partial charge in [0.1, 0.15) is 30.7 Å². The minimum atomic E-state index is -1.83. The molecule has 0 bridgehead atoms. The van der Waals surface area contributed by atoms with Crippen molar-refractivity contribution in [2.75, 3.05) is 13.3 Å². The molecule has 0 saturated carbocycles. The number of hydrogen-bond acceptors (Lipinski definition) is 11. The predicted molar refractivity (Wildman–Crippen MR) is 104 cm³/mol. The number of pyridine rings is 1. The van der Waals surface area contributed by atoms with Crippen LogP contribution in [0.5, 0.6) is 0 Å². The van der Waals surface area contributed by atoms with Crippen LogP contribution in [-0.2, 0) is 10.4 Å². The minimum absolute atomic E-state index is 0.00868. The quantitative estimate of drug-likeness (QED) is 0.237. The molecule has 12 heteroatoms. The van der Waals surface area contributed by atoms with E-state index in [0.717, 1.165) is 0 Å². The van der Waals surface area contributed by atoms with Crippen molar-refractivity contribution in [3.05, 3.63) is 30.1 Å². The topological polar surface area (TPSA) is 175 Å². The van der Waals surface area contributed by atoms with E-state index >= 15 is 0 Å². The van der Waals surface area contributed by atoms with Crippen molar-refractivity contribution in [1.29, 1.82) is 0 Å². The van der Waals surface area contributed by atoms with Crippen LogP contribution < -0.4 is 11.5 Å². The van der Waals surface area contributed by atoms with E-state index in [1.165, 1.54) is 4.90 Å². The summed E-state index contributed by atoms with van der Waals surface area (Å²) in [7, 11) is 0. The van der Waals surface area contributed by atoms with Crippen LogP contribution in [0, 0.1) is 0 Å². The number of nitrogens with two attached hydrogens (primary N) is 2. The molecular weight excluding hydrogens is 469 g/mol. The highest BCUT2D eigenvalue weighted by atomic mass is 127. The molecule has 0 aliphatic carbocycles. The van der Waals surface area contributed by atoms with E-state index in [4.69, 9.17) is 16.2 Å². The lowest BCUT2D eigenvalue weighted by Crippen LogP contribution is -2.66. The Morgan fingerprint density at radius 1 is 1.37 bits per heavy atom. The molecular formula is C15H18IN7O4. The molecule has 1 aromatic rings. The summed E-state index contributed by atoms with van der Waals surface area (Å²) in [6.07, 6.45) is -0.676. The first-order valence-electron chi connectivity index (χ1n) is 8.11. The normalized spacial score (nSPS) is 38.4. The van der Waals surface area contributed by atoms with Crippen LogP contribution in [0.3, 0.4) is 0 Å². The SMILES string of the molecule is NC1(c2cccnc2)N=C(I)N=C2C1=NCN2[C@]1(N)O[C@H](CO)[C@@H](O)[C@H]1O. The summed E-state index contributed by atoms with van der Waals surface area (Å²) < 4.78 is 5.93. The molecule has 5 atom stereocenters. The van der Waals surface area contributed by atoms with E-state index in [2.05, 4.69) is 20.0 Å². The zero-order chi connectivity index (χ0) is 19.4. The Balaban J connectivity index is 1.74. The smallest absolute Gasteiger partial charge is 0.228 e. The van der Waals surface area contributed by atoms with Crippen molar-refractivity contribution in [3.63, 3.8) is 0 Å². The van der Waals surface area contributed by atoms with Gasteiger partial charge in [-0.25, -0.2) is 9.98 Å². The van der Waals surface area contributed by atoms with Crippen LogP contribution in [-0.4, -0.2) is 78.0 Å². The van der Waals surface area contributed by atoms with Gasteiger partial charge in [-0.1, -0.05) is 6.07 Å². The van der Waals surface area contributed by atoms with Gasteiger partial charge >= 0.3 is 0 Å². The Kier molecular flexibility index (Phi) is 4.53. The third-order valence-corrected chi connectivity index (χ3v) is 5.32. The molecule has 0 aromatic carbocycles. The Morgan fingerprint density at radius 3 is 2.78 bits per heavy atom. The van der Waals surface area contributed by atoms with E-state index < -0.39 is 36.4 Å². The molecule has 4 rings (SSSR count). The lowest BCUT2D eigenvalue weighted by atomic mass is 9.95. The number of aliphatic hydroxyl groups is 3. The molecule has 1 saturated heterocycles. The van der Waals surface area contributed by atoms with Gasteiger partial charge in [-0.05, 0) is 6.07 Å². The fourth-order valence-electron chi connectivity index (χ4n) is 3.39. The number of aliphatic imine (C=N–C) groups is 3. The second kappa shape index (κ2) is 6.51. The molecule has 0 radical (unpaired) electrons. The van der Waals surface area contributed by atoms with Gasteiger partial charge in [-0.3, -0.25) is 26.3 Å². The molecule has 144 valence electrons. The maximum atomic E-state index is 10.4. The highest BCUT2D eigenvalue weighted by Gasteiger charge is 2.59. The number of ether oxygens (including phenoxy) is 1. The third-order valence-electron chi connectivity index (χ3n) is 4.84. The van der Waals surface area contributed by atoms with E-state index in [-0.39, 0.29) is 12.5 Å². The highest BCUT2D eigenvalue weighted by Crippen LogP contribution is 2.36. The number of halogens is 1. The molecule has 3 aliphatic rings. The lowest BCUT2D eigenvalue weighted by molar-refractivity contribution is -0.156. The summed E-state index contributed by atoms with van der Waals surface area (Å²) in [5, 5.41) is 29.9. The maximum Gasteiger partial charge on any atom is 0.228 e. The first-order chi connectivity index (χ1) is 12.8. The highest BCUT2D eigenvalue weighted by molar-refractivity contribution is 14.1. The van der Waals surface area contributed by atoms with Crippen molar-refractivity contribution in [2.45, 2.75) is 29.8 Å². The molecule has 0 spiro atoms. The Labute approximate surface area is 167 Å². The summed E-state index contributed by atoms with van der Waals surface area (Å²) in [6, 6.07) is 3.51. The molecule has 0 amide bonds. The van der Waals surface area contributed by atoms with Crippen molar-refractivity contribution < 1.29 is 20.1 Å². The van der Waals surface area contributed by atoms with Gasteiger partial charge in [0.2, 0.25) is 5.85 Å². The predicted octanol–water partition coefficient (Wildman–Crippen LogP) is -2.16. The van der Waals surface area contributed by atoms with E-state index in [0.29, 0.717) is 15.1 Å². The van der Waals surface area contributed by atoms with Crippen LogP contribution in [0.1, 0.15) is 5.56 Å². The summed E-state index contributed by atoms with van der Waals surface area (Å²) in [5.74, 6) is -1.55. The number of aromatic nitrogens is 1. The number of rotatable bonds is 3. The van der Waals surface area contributed by atoms with Crippen molar-refractivity contribution >= 4 is 38.0 Å². The van der Waals surface area contributed by atoms with Gasteiger partial charge in [-0.15, -0.1) is 0 Å². The third kappa shape index (κ3) is 2.71. The molecule has 1 aromatic heterocycles. The fraction of sp³-hybridized carbons (Fsp3) is 0.467. The first-order valence-corrected chi connectivity index (χ1v) is 9.19. The lowest BCUT2D eigenvalue weighted by Gasteiger charge is -2.39. The van der Waals surface area contributed by atoms with Crippen molar-refractivity contribution in [2.24, 2.45) is 26.4 Å². The fourth-order valence-corrected chi connectivity index (χ4v) is 4.00. The summed E-state index contributed by atoms with van der Waals surface area (Å²) in [6.45, 7) is -0.508. The summed E-state index contributed by atoms with van der Waals surface area (Å²) >= 11 is 1.93. The number of hydrogen-bond donors (Lipinski definition) is 5. The average Bonchev–Trinajstić information content (AvgIpc) is 3.18. The zero-order valence-electron chi connectivity index (χ0n) is 14.0. The van der Waals surface area contributed by atoms with Crippen LogP contribution in [0.4, 0.5) is 0 Å². The van der Waals surface area contributed by atoms with Crippen LogP contribution >= 0.6 is 22.6 Å². The zero-order valence-corrected chi connectivity index (χ0v) is 16.1. The second-order valence-corrected chi connectivity index (χ2v) is 7.39. The molecule has 7 N–H and O–H groups in total. The summed E-state index contributed by atoms with van der Waals surface area (Å²) in [4.78, 5) is 18.8. The minimum Gasteiger partial charge on any atom is -0.394 e. The molecule has 3 aliphatic heterocycles. The average molecular weight is 487 g/mol. The Bertz CT molecular complexity index is 850. The molecule has 1 unspecified atom stereocenters. The first kappa shape index (κ1) is 18.8. The number of amidine groups is 2. The van der Waals surface area contributed by atoms with E-state index in [9.17, 15) is 15.3 Å². The van der Waals surface area contributed by atoms with Gasteiger partial charge in [0.15, 0.2) is 15.3 Å². The number of fused-ring (bicyclic) bond motifs is 1. The largest absolute Gasteiger partial charge is 0.394 e. The van der Waals surface area contributed by atoms with Gasteiger partial charge in [0.05, 0.1) is 6.61 Å². The van der Waals surface area contributed by atoms with Crippen LogP contribution in [0.15, 0.2) is 39.5 Å². The van der Waals surface area contributed by atoms with Gasteiger partial charge in [0.25, 0.3) is 0 Å². The number of aliphatic hydroxyl groups excluding tert-OH is 3. The molecule has 27 heavy (non-hydrogen) atoms. The van der Waals surface area contributed by atoms with E-state index in [1.54, 1.807) is 24.5 Å². The van der Waals surface area contributed by atoms with Gasteiger partial charge in [0, 0.05) is 40.5 Å². The van der Waals surface area contributed by atoms with Gasteiger partial charge < -0.3 is 20.1 Å². The molecule has 4 heterocycles. The standard InChI is InChI=1S/C15H18IN7O4/c16-13-21-12-10(14(17,22-13)7-2-1-3-19-4-7)20-6-23(12)15(18)11(26)9(25)8(5-24)27-15/h1-4,8-9,11,24-26H,5-6,17-18H2/t8-,9-,11-,14?,15+/m1/s1. The molecule has 11 nitrogen and oxygen atoms in total. The number of nitrogens with zero attached hydrogens (tertiary/aromatic N) is 5. The van der Waals surface area contributed by atoms with Crippen LogP contribution in [0.25, 0.3) is 0 Å². The van der Waals surface area contributed by atoms with E-state index in [1.807, 2.05) is 22.6 Å². The summed E-state index contributed by atoms with van der Waals surface area (Å²) in [5.41, 5.74) is 12.5. The maximum absolute atomic E-state index is 10.4. The monoisotopic (exact) mass is 487 g/mol. The second-order valence-electron chi connectivity index (χ2n) is 6.43. The van der Waals surface area contributed by atoms with Crippen molar-refractivity contribution in [1.82, 2.24) is 9.88 Å². The Hall–Kier alpha value is -1.55.